The number of hydrogen-bond donors (Lipinski definition) is 3. The number of nitrogens with one attached hydrogen (secondary N) is 2. The Labute approximate surface area is 89.1 Å². The molecule has 0 radical (unpaired) electrons. The maximum Gasteiger partial charge on any atom is 0.235 e. The zero-order chi connectivity index (χ0) is 10.8. The van der Waals surface area contributed by atoms with Gasteiger partial charge in [0.2, 0.25) is 5.52 Å². The van der Waals surface area contributed by atoms with Crippen molar-refractivity contribution in [3.63, 3.8) is 0 Å². The first-order chi connectivity index (χ1) is 7.24. The Bertz CT molecular complexity index is 473. The summed E-state index contributed by atoms with van der Waals surface area (Å²) in [5, 5.41) is 3.14. The highest BCUT2D eigenvalue weighted by Gasteiger charge is 2.16. The molecule has 0 fully saturated rings. The molecule has 4 heteroatoms. The highest BCUT2D eigenvalue weighted by molar-refractivity contribution is 5.81. The highest BCUT2D eigenvalue weighted by Crippen LogP contribution is 2.20. The first-order valence-electron chi connectivity index (χ1n) is 5.13. The number of rotatable bonds is 3. The van der Waals surface area contributed by atoms with E-state index in [1.807, 2.05) is 26.4 Å². The lowest BCUT2D eigenvalue weighted by molar-refractivity contribution is -0.645. The van der Waals surface area contributed by atoms with Crippen LogP contribution in [0.3, 0.4) is 0 Å². The number of nitrogen functional groups attached to an aromatic ring is 1. The van der Waals surface area contributed by atoms with Crippen LogP contribution in [0, 0.1) is 0 Å². The lowest BCUT2D eigenvalue weighted by Gasteiger charge is -1.98. The van der Waals surface area contributed by atoms with Crippen LogP contribution in [-0.2, 0) is 13.5 Å². The topological polar surface area (TPSA) is 57.7 Å². The molecule has 0 aliphatic carbocycles. The lowest BCUT2D eigenvalue weighted by Crippen LogP contribution is -2.28. The summed E-state index contributed by atoms with van der Waals surface area (Å²) >= 11 is 0. The Morgan fingerprint density at radius 2 is 2.33 bits per heavy atom. The number of fused-ring (bicyclic) bond motifs is 1. The van der Waals surface area contributed by atoms with Gasteiger partial charge in [-0.15, -0.1) is 0 Å². The normalized spacial score (nSPS) is 11.1. The van der Waals surface area contributed by atoms with Gasteiger partial charge >= 0.3 is 0 Å². The highest BCUT2D eigenvalue weighted by atomic mass is 15.0. The van der Waals surface area contributed by atoms with Gasteiger partial charge in [0.05, 0.1) is 5.56 Å². The van der Waals surface area contributed by atoms with Crippen LogP contribution in [-0.4, -0.2) is 18.6 Å². The van der Waals surface area contributed by atoms with Gasteiger partial charge in [-0.25, -0.2) is 0 Å². The van der Waals surface area contributed by atoms with Crippen LogP contribution in [0.25, 0.3) is 11.0 Å². The number of likely N-dealkylation sites (N-methyl/N-ethyl adjacent to an activating group) is 1. The van der Waals surface area contributed by atoms with E-state index < -0.39 is 0 Å². The summed E-state index contributed by atoms with van der Waals surface area (Å²) in [7, 11) is 3.99. The Kier molecular flexibility index (Phi) is 2.60. The van der Waals surface area contributed by atoms with Crippen molar-refractivity contribution in [2.75, 3.05) is 19.3 Å². The summed E-state index contributed by atoms with van der Waals surface area (Å²) in [5.74, 6) is 0.780. The van der Waals surface area contributed by atoms with Gasteiger partial charge in [-0.05, 0) is 26.1 Å². The number of pyridine rings is 1. The van der Waals surface area contributed by atoms with Crippen LogP contribution in [0.5, 0.6) is 0 Å². The van der Waals surface area contributed by atoms with Crippen molar-refractivity contribution in [1.82, 2.24) is 10.3 Å². The minimum Gasteiger partial charge on any atom is -0.385 e. The second-order valence-electron chi connectivity index (χ2n) is 3.75. The molecular weight excluding hydrogens is 188 g/mol. The smallest absolute Gasteiger partial charge is 0.235 e. The molecule has 0 aliphatic rings. The molecule has 0 bridgehead atoms. The minimum atomic E-state index is 0.780. The SMILES string of the molecule is CNCCc1c(N)[nH]c2ccc[n+](C)c12. The molecule has 0 aromatic carbocycles. The van der Waals surface area contributed by atoms with E-state index >= 15 is 0 Å². The summed E-state index contributed by atoms with van der Waals surface area (Å²) in [4.78, 5) is 3.21. The Morgan fingerprint density at radius 1 is 1.53 bits per heavy atom. The van der Waals surface area contributed by atoms with Crippen molar-refractivity contribution in [2.45, 2.75) is 6.42 Å². The summed E-state index contributed by atoms with van der Waals surface area (Å²) in [5.41, 5.74) is 9.46. The van der Waals surface area contributed by atoms with Crippen molar-refractivity contribution in [3.8, 4) is 0 Å². The molecule has 0 saturated heterocycles. The average molecular weight is 205 g/mol. The molecular formula is C11H17N4+. The third kappa shape index (κ3) is 1.68. The molecule has 0 unspecified atom stereocenters. The van der Waals surface area contributed by atoms with Crippen LogP contribution in [0.2, 0.25) is 0 Å². The van der Waals surface area contributed by atoms with Crippen molar-refractivity contribution >= 4 is 16.9 Å². The molecule has 15 heavy (non-hydrogen) atoms. The first-order valence-corrected chi connectivity index (χ1v) is 5.13. The van der Waals surface area contributed by atoms with Crippen LogP contribution in [0.4, 0.5) is 5.82 Å². The van der Waals surface area contributed by atoms with Crippen LogP contribution >= 0.6 is 0 Å². The van der Waals surface area contributed by atoms with Gasteiger partial charge in [0.25, 0.3) is 0 Å². The molecule has 0 amide bonds. The van der Waals surface area contributed by atoms with E-state index in [1.165, 1.54) is 11.1 Å². The van der Waals surface area contributed by atoms with E-state index in [0.29, 0.717) is 0 Å². The van der Waals surface area contributed by atoms with E-state index in [2.05, 4.69) is 20.9 Å². The number of aromatic nitrogens is 2. The number of aryl methyl sites for hydroxylation is 1. The second-order valence-corrected chi connectivity index (χ2v) is 3.75. The van der Waals surface area contributed by atoms with Crippen molar-refractivity contribution < 1.29 is 4.57 Å². The zero-order valence-electron chi connectivity index (χ0n) is 9.17. The molecule has 80 valence electrons. The van der Waals surface area contributed by atoms with E-state index in [-0.39, 0.29) is 0 Å². The van der Waals surface area contributed by atoms with Gasteiger partial charge in [0.15, 0.2) is 6.20 Å². The molecule has 2 rings (SSSR count). The number of nitrogens with zero attached hydrogens (tertiary/aromatic N) is 1. The predicted molar refractivity (Wildman–Crippen MR) is 61.5 cm³/mol. The molecule has 4 N–H and O–H groups in total. The minimum absolute atomic E-state index is 0.780. The molecule has 2 heterocycles. The van der Waals surface area contributed by atoms with E-state index in [1.54, 1.807) is 0 Å². The number of anilines is 1. The Balaban J connectivity index is 2.55. The Hall–Kier alpha value is -1.55. The van der Waals surface area contributed by atoms with Crippen LogP contribution < -0.4 is 15.6 Å². The molecule has 0 saturated carbocycles. The van der Waals surface area contributed by atoms with Crippen LogP contribution in [0.15, 0.2) is 18.3 Å². The second kappa shape index (κ2) is 3.90. The largest absolute Gasteiger partial charge is 0.385 e. The van der Waals surface area contributed by atoms with E-state index in [9.17, 15) is 0 Å². The molecule has 2 aromatic heterocycles. The molecule has 0 spiro atoms. The van der Waals surface area contributed by atoms with E-state index in [4.69, 9.17) is 5.73 Å². The van der Waals surface area contributed by atoms with Crippen molar-refractivity contribution in [2.24, 2.45) is 7.05 Å². The number of aromatic amines is 1. The fourth-order valence-electron chi connectivity index (χ4n) is 1.94. The van der Waals surface area contributed by atoms with Gasteiger partial charge in [0.1, 0.15) is 18.4 Å². The molecule has 2 aromatic rings. The third-order valence-corrected chi connectivity index (χ3v) is 2.69. The monoisotopic (exact) mass is 205 g/mol. The standard InChI is InChI=1S/C11H16N4/c1-13-6-5-8-10-9(14-11(8)12)4-3-7-15(10)2/h3-4,7,13H,5-6H2,1-2H3,(H2,12,14)/p+1. The number of nitrogens with two attached hydrogens (primary N) is 1. The van der Waals surface area contributed by atoms with Crippen LogP contribution in [0.1, 0.15) is 5.56 Å². The quantitative estimate of drug-likeness (QED) is 0.633. The summed E-state index contributed by atoms with van der Waals surface area (Å²) in [6.45, 7) is 0.937. The van der Waals surface area contributed by atoms with Gasteiger partial charge in [-0.1, -0.05) is 0 Å². The van der Waals surface area contributed by atoms with Gasteiger partial charge in [-0.2, -0.15) is 4.57 Å². The van der Waals surface area contributed by atoms with E-state index in [0.717, 1.165) is 24.3 Å². The average Bonchev–Trinajstić information content (AvgIpc) is 2.53. The summed E-state index contributed by atoms with van der Waals surface area (Å²) in [6, 6.07) is 4.06. The van der Waals surface area contributed by atoms with Crippen molar-refractivity contribution in [1.29, 1.82) is 0 Å². The van der Waals surface area contributed by atoms with Crippen molar-refractivity contribution in [3.05, 3.63) is 23.9 Å². The maximum absolute atomic E-state index is 5.97. The number of H-pyrrole nitrogens is 1. The van der Waals surface area contributed by atoms with Gasteiger partial charge in [0, 0.05) is 6.07 Å². The maximum atomic E-state index is 5.97. The molecule has 0 aliphatic heterocycles. The predicted octanol–water partition coefficient (Wildman–Crippen LogP) is 0.336. The molecule has 4 nitrogen and oxygen atoms in total. The number of hydrogen-bond acceptors (Lipinski definition) is 2. The zero-order valence-corrected chi connectivity index (χ0v) is 9.17. The first kappa shape index (κ1) is 9.98. The Morgan fingerprint density at radius 3 is 3.07 bits per heavy atom. The summed E-state index contributed by atoms with van der Waals surface area (Å²) in [6.07, 6.45) is 2.98. The third-order valence-electron chi connectivity index (χ3n) is 2.69. The summed E-state index contributed by atoms with van der Waals surface area (Å²) < 4.78 is 2.10. The van der Waals surface area contributed by atoms with Gasteiger partial charge in [-0.3, -0.25) is 0 Å². The fourth-order valence-corrected chi connectivity index (χ4v) is 1.94. The lowest BCUT2D eigenvalue weighted by atomic mass is 10.2. The fraction of sp³-hybridized carbons (Fsp3) is 0.364. The van der Waals surface area contributed by atoms with Gasteiger partial charge < -0.3 is 16.0 Å². The molecule has 0 atom stereocenters.